The standard InChI is InChI=1S/C28H25ClN2O7/c1-35-24-18-19(16-22-26(32)30-28(34)31(27(22)33)20-8-4-2-5-9-20)17-23(29)25(24)38-15-13-36-12-14-37-21-10-6-3-7-11-21/h2-11,16-18H,12-15H2,1H3,(H,30,32,34)/b22-16-. The summed E-state index contributed by atoms with van der Waals surface area (Å²) in [4.78, 5) is 38.8. The topological polar surface area (TPSA) is 103 Å². The van der Waals surface area contributed by atoms with Crippen LogP contribution in [0.15, 0.2) is 78.4 Å². The van der Waals surface area contributed by atoms with Crippen molar-refractivity contribution in [3.8, 4) is 17.2 Å². The SMILES string of the molecule is COc1cc(/C=C2/C(=O)NC(=O)N(c3ccccc3)C2=O)cc(Cl)c1OCCOCCOc1ccccc1. The van der Waals surface area contributed by atoms with Crippen molar-refractivity contribution in [2.45, 2.75) is 0 Å². The molecule has 0 radical (unpaired) electrons. The highest BCUT2D eigenvalue weighted by Gasteiger charge is 2.36. The average Bonchev–Trinajstić information content (AvgIpc) is 2.92. The van der Waals surface area contributed by atoms with E-state index in [9.17, 15) is 14.4 Å². The second kappa shape index (κ2) is 12.8. The van der Waals surface area contributed by atoms with Crippen LogP contribution in [0, 0.1) is 0 Å². The lowest BCUT2D eigenvalue weighted by Crippen LogP contribution is -2.54. The van der Waals surface area contributed by atoms with Crippen LogP contribution >= 0.6 is 11.6 Å². The number of imide groups is 2. The zero-order valence-corrected chi connectivity index (χ0v) is 21.3. The van der Waals surface area contributed by atoms with E-state index >= 15 is 0 Å². The lowest BCUT2D eigenvalue weighted by Gasteiger charge is -2.26. The van der Waals surface area contributed by atoms with Gasteiger partial charge in [-0.2, -0.15) is 0 Å². The third kappa shape index (κ3) is 6.50. The molecule has 0 saturated carbocycles. The Hall–Kier alpha value is -4.34. The summed E-state index contributed by atoms with van der Waals surface area (Å²) in [6, 6.07) is 20.0. The van der Waals surface area contributed by atoms with Crippen LogP contribution in [-0.2, 0) is 14.3 Å². The minimum atomic E-state index is -0.823. The molecule has 0 aromatic heterocycles. The van der Waals surface area contributed by atoms with Crippen molar-refractivity contribution in [3.63, 3.8) is 0 Å². The summed E-state index contributed by atoms with van der Waals surface area (Å²) in [5, 5.41) is 2.40. The van der Waals surface area contributed by atoms with Crippen molar-refractivity contribution < 1.29 is 33.3 Å². The summed E-state index contributed by atoms with van der Waals surface area (Å²) in [7, 11) is 1.45. The van der Waals surface area contributed by atoms with Gasteiger partial charge in [0.15, 0.2) is 11.5 Å². The number of barbiturate groups is 1. The molecule has 0 bridgehead atoms. The summed E-state index contributed by atoms with van der Waals surface area (Å²) in [6.07, 6.45) is 1.34. The highest BCUT2D eigenvalue weighted by Crippen LogP contribution is 2.37. The van der Waals surface area contributed by atoms with E-state index in [-0.39, 0.29) is 17.2 Å². The smallest absolute Gasteiger partial charge is 0.335 e. The molecule has 0 spiro atoms. The van der Waals surface area contributed by atoms with Gasteiger partial charge in [-0.3, -0.25) is 14.9 Å². The molecule has 0 unspecified atom stereocenters. The number of amides is 4. The molecule has 3 aromatic rings. The summed E-state index contributed by atoms with van der Waals surface area (Å²) < 4.78 is 22.3. The van der Waals surface area contributed by atoms with Crippen molar-refractivity contribution in [3.05, 3.63) is 89.0 Å². The largest absolute Gasteiger partial charge is 0.493 e. The summed E-state index contributed by atoms with van der Waals surface area (Å²) >= 11 is 6.44. The van der Waals surface area contributed by atoms with E-state index in [0.717, 1.165) is 10.6 Å². The maximum atomic E-state index is 13.1. The number of urea groups is 1. The van der Waals surface area contributed by atoms with Crippen LogP contribution in [-0.4, -0.2) is 51.4 Å². The Morgan fingerprint density at radius 2 is 1.53 bits per heavy atom. The molecule has 3 aromatic carbocycles. The first-order valence-corrected chi connectivity index (χ1v) is 12.1. The number of nitrogens with one attached hydrogen (secondary N) is 1. The quantitative estimate of drug-likeness (QED) is 0.219. The molecule has 0 atom stereocenters. The van der Waals surface area contributed by atoms with Crippen molar-refractivity contribution in [1.29, 1.82) is 0 Å². The highest BCUT2D eigenvalue weighted by atomic mass is 35.5. The zero-order valence-electron chi connectivity index (χ0n) is 20.5. The Morgan fingerprint density at radius 1 is 0.868 bits per heavy atom. The van der Waals surface area contributed by atoms with Crippen LogP contribution in [0.25, 0.3) is 6.08 Å². The van der Waals surface area contributed by atoms with Gasteiger partial charge in [-0.05, 0) is 48.0 Å². The van der Waals surface area contributed by atoms with E-state index in [4.69, 9.17) is 30.5 Å². The normalized spacial score (nSPS) is 14.4. The lowest BCUT2D eigenvalue weighted by molar-refractivity contribution is -0.122. The van der Waals surface area contributed by atoms with Gasteiger partial charge in [0.1, 0.15) is 24.5 Å². The Kier molecular flexibility index (Phi) is 8.97. The molecule has 1 saturated heterocycles. The molecule has 10 heteroatoms. The maximum absolute atomic E-state index is 13.1. The monoisotopic (exact) mass is 536 g/mol. The molecule has 4 rings (SSSR count). The predicted octanol–water partition coefficient (Wildman–Crippen LogP) is 4.49. The van der Waals surface area contributed by atoms with Gasteiger partial charge in [0, 0.05) is 0 Å². The van der Waals surface area contributed by atoms with E-state index in [1.807, 2.05) is 30.3 Å². The number of nitrogens with zero attached hydrogens (tertiary/aromatic N) is 1. The molecule has 1 aliphatic heterocycles. The van der Waals surface area contributed by atoms with Gasteiger partial charge in [0.25, 0.3) is 11.8 Å². The number of halogens is 1. The number of hydrogen-bond acceptors (Lipinski definition) is 7. The first kappa shape index (κ1) is 26.7. The van der Waals surface area contributed by atoms with Crippen LogP contribution in [0.1, 0.15) is 5.56 Å². The van der Waals surface area contributed by atoms with Crippen LogP contribution in [0.2, 0.25) is 5.02 Å². The minimum absolute atomic E-state index is 0.205. The molecule has 1 N–H and O–H groups in total. The lowest BCUT2D eigenvalue weighted by atomic mass is 10.1. The number of hydrogen-bond donors (Lipinski definition) is 1. The van der Waals surface area contributed by atoms with Crippen molar-refractivity contribution in [2.75, 3.05) is 38.4 Å². The number of benzene rings is 3. The third-order valence-electron chi connectivity index (χ3n) is 5.39. The first-order valence-electron chi connectivity index (χ1n) is 11.7. The van der Waals surface area contributed by atoms with E-state index in [1.54, 1.807) is 36.4 Å². The fourth-order valence-corrected chi connectivity index (χ4v) is 3.91. The molecular weight excluding hydrogens is 512 g/mol. The Labute approximate surface area is 224 Å². The molecule has 38 heavy (non-hydrogen) atoms. The number of ether oxygens (including phenoxy) is 4. The molecule has 196 valence electrons. The Bertz CT molecular complexity index is 1330. The van der Waals surface area contributed by atoms with Gasteiger partial charge < -0.3 is 18.9 Å². The van der Waals surface area contributed by atoms with Crippen LogP contribution in [0.3, 0.4) is 0 Å². The Balaban J connectivity index is 1.39. The fourth-order valence-electron chi connectivity index (χ4n) is 3.64. The minimum Gasteiger partial charge on any atom is -0.493 e. The van der Waals surface area contributed by atoms with Gasteiger partial charge in [0.2, 0.25) is 0 Å². The van der Waals surface area contributed by atoms with Gasteiger partial charge in [-0.1, -0.05) is 48.0 Å². The van der Waals surface area contributed by atoms with Crippen molar-refractivity contribution >= 4 is 41.2 Å². The average molecular weight is 537 g/mol. The molecule has 0 aliphatic carbocycles. The molecule has 4 amide bonds. The summed E-state index contributed by atoms with van der Waals surface area (Å²) in [6.45, 7) is 1.28. The summed E-state index contributed by atoms with van der Waals surface area (Å²) in [5.41, 5.74) is 0.516. The van der Waals surface area contributed by atoms with E-state index in [2.05, 4.69) is 5.32 Å². The molecule has 1 fully saturated rings. The zero-order chi connectivity index (χ0) is 26.9. The fraction of sp³-hybridized carbons (Fsp3) is 0.179. The molecule has 1 heterocycles. The first-order chi connectivity index (χ1) is 18.5. The number of para-hydroxylation sites is 2. The second-order valence-corrected chi connectivity index (χ2v) is 8.36. The molecular formula is C28H25ClN2O7. The van der Waals surface area contributed by atoms with Crippen LogP contribution in [0.5, 0.6) is 17.2 Å². The van der Waals surface area contributed by atoms with Gasteiger partial charge in [-0.15, -0.1) is 0 Å². The van der Waals surface area contributed by atoms with Crippen LogP contribution < -0.4 is 24.4 Å². The maximum Gasteiger partial charge on any atom is 0.335 e. The van der Waals surface area contributed by atoms with E-state index in [1.165, 1.54) is 19.3 Å². The molecule has 1 aliphatic rings. The van der Waals surface area contributed by atoms with Gasteiger partial charge in [0.05, 0.1) is 31.0 Å². The van der Waals surface area contributed by atoms with Gasteiger partial charge in [-0.25, -0.2) is 9.69 Å². The number of carbonyl (C=O) groups is 3. The van der Waals surface area contributed by atoms with Crippen molar-refractivity contribution in [1.82, 2.24) is 5.32 Å². The van der Waals surface area contributed by atoms with E-state index in [0.29, 0.717) is 42.6 Å². The van der Waals surface area contributed by atoms with Crippen LogP contribution in [0.4, 0.5) is 10.5 Å². The number of methoxy groups -OCH3 is 1. The second-order valence-electron chi connectivity index (χ2n) is 7.95. The summed E-state index contributed by atoms with van der Waals surface area (Å²) in [5.74, 6) is -0.201. The predicted molar refractivity (Wildman–Crippen MR) is 142 cm³/mol. The Morgan fingerprint density at radius 3 is 2.21 bits per heavy atom. The molecule has 9 nitrogen and oxygen atoms in total. The van der Waals surface area contributed by atoms with E-state index < -0.39 is 17.8 Å². The van der Waals surface area contributed by atoms with Gasteiger partial charge >= 0.3 is 6.03 Å². The number of rotatable bonds is 11. The third-order valence-corrected chi connectivity index (χ3v) is 5.67. The van der Waals surface area contributed by atoms with Crippen molar-refractivity contribution in [2.24, 2.45) is 0 Å². The number of carbonyl (C=O) groups excluding carboxylic acids is 3. The number of anilines is 1. The highest BCUT2D eigenvalue weighted by molar-refractivity contribution is 6.39.